The van der Waals surface area contributed by atoms with Crippen LogP contribution in [0.2, 0.25) is 0 Å². The van der Waals surface area contributed by atoms with Crippen LogP contribution in [0.3, 0.4) is 0 Å². The molecule has 0 unspecified atom stereocenters. The van der Waals surface area contributed by atoms with Crippen molar-refractivity contribution in [2.24, 2.45) is 0 Å². The SMILES string of the molecule is CC(=O)CCc1ccccc1C1CCC1. The van der Waals surface area contributed by atoms with Crippen LogP contribution in [0.4, 0.5) is 0 Å². The second kappa shape index (κ2) is 4.61. The zero-order chi connectivity index (χ0) is 10.7. The van der Waals surface area contributed by atoms with Crippen LogP contribution in [0.1, 0.15) is 49.7 Å². The minimum Gasteiger partial charge on any atom is -0.300 e. The molecular weight excluding hydrogens is 184 g/mol. The molecule has 1 aromatic rings. The van der Waals surface area contributed by atoms with Gasteiger partial charge >= 0.3 is 0 Å². The monoisotopic (exact) mass is 202 g/mol. The molecule has 0 saturated heterocycles. The Morgan fingerprint density at radius 3 is 2.67 bits per heavy atom. The topological polar surface area (TPSA) is 17.1 Å². The zero-order valence-electron chi connectivity index (χ0n) is 9.33. The van der Waals surface area contributed by atoms with Crippen LogP contribution < -0.4 is 0 Å². The third-order valence-corrected chi connectivity index (χ3v) is 3.35. The van der Waals surface area contributed by atoms with Gasteiger partial charge in [-0.25, -0.2) is 0 Å². The molecule has 0 radical (unpaired) electrons. The maximum atomic E-state index is 11.0. The standard InChI is InChI=1S/C14H18O/c1-11(15)9-10-13-5-2-3-8-14(13)12-6-4-7-12/h2-3,5,8,12H,4,6-7,9-10H2,1H3. The van der Waals surface area contributed by atoms with Gasteiger partial charge in [-0.2, -0.15) is 0 Å². The molecule has 2 rings (SSSR count). The first-order chi connectivity index (χ1) is 7.27. The Bertz CT molecular complexity index is 350. The number of carbonyl (C=O) groups excluding carboxylic acids is 1. The molecule has 0 amide bonds. The van der Waals surface area contributed by atoms with E-state index in [0.29, 0.717) is 12.2 Å². The van der Waals surface area contributed by atoms with Crippen molar-refractivity contribution >= 4 is 5.78 Å². The van der Waals surface area contributed by atoms with Crippen LogP contribution in [-0.2, 0) is 11.2 Å². The predicted molar refractivity (Wildman–Crippen MR) is 62.0 cm³/mol. The first-order valence-corrected chi connectivity index (χ1v) is 5.84. The van der Waals surface area contributed by atoms with Gasteiger partial charge < -0.3 is 4.79 Å². The largest absolute Gasteiger partial charge is 0.300 e. The van der Waals surface area contributed by atoms with Gasteiger partial charge in [-0.3, -0.25) is 0 Å². The Labute approximate surface area is 91.5 Å². The highest BCUT2D eigenvalue weighted by Crippen LogP contribution is 2.38. The van der Waals surface area contributed by atoms with E-state index in [2.05, 4.69) is 24.3 Å². The lowest BCUT2D eigenvalue weighted by Gasteiger charge is -2.27. The highest BCUT2D eigenvalue weighted by molar-refractivity contribution is 5.75. The summed E-state index contributed by atoms with van der Waals surface area (Å²) in [5, 5.41) is 0. The van der Waals surface area contributed by atoms with Gasteiger partial charge in [-0.05, 0) is 43.2 Å². The van der Waals surface area contributed by atoms with Gasteiger partial charge in [0, 0.05) is 6.42 Å². The Morgan fingerprint density at radius 2 is 2.07 bits per heavy atom. The minimum atomic E-state index is 0.290. The molecule has 1 fully saturated rings. The molecule has 0 aliphatic heterocycles. The van der Waals surface area contributed by atoms with Crippen LogP contribution in [0, 0.1) is 0 Å². The maximum Gasteiger partial charge on any atom is 0.130 e. The average molecular weight is 202 g/mol. The maximum absolute atomic E-state index is 11.0. The first-order valence-electron chi connectivity index (χ1n) is 5.84. The van der Waals surface area contributed by atoms with Crippen LogP contribution in [-0.4, -0.2) is 5.78 Å². The van der Waals surface area contributed by atoms with Crippen LogP contribution in [0.25, 0.3) is 0 Å². The van der Waals surface area contributed by atoms with Crippen LogP contribution in [0.5, 0.6) is 0 Å². The van der Waals surface area contributed by atoms with Crippen molar-refractivity contribution in [3.63, 3.8) is 0 Å². The van der Waals surface area contributed by atoms with Gasteiger partial charge in [-0.15, -0.1) is 0 Å². The smallest absolute Gasteiger partial charge is 0.130 e. The Hall–Kier alpha value is -1.11. The van der Waals surface area contributed by atoms with E-state index >= 15 is 0 Å². The predicted octanol–water partition coefficient (Wildman–Crippen LogP) is 3.48. The number of rotatable bonds is 4. The van der Waals surface area contributed by atoms with Gasteiger partial charge in [0.25, 0.3) is 0 Å². The molecule has 0 N–H and O–H groups in total. The van der Waals surface area contributed by atoms with Crippen molar-refractivity contribution in [3.05, 3.63) is 35.4 Å². The van der Waals surface area contributed by atoms with E-state index in [1.165, 1.54) is 30.4 Å². The highest BCUT2D eigenvalue weighted by atomic mass is 16.1. The number of aryl methyl sites for hydroxylation is 1. The molecule has 1 nitrogen and oxygen atoms in total. The summed E-state index contributed by atoms with van der Waals surface area (Å²) in [6.07, 6.45) is 5.63. The molecule has 1 aliphatic carbocycles. The average Bonchev–Trinajstić information content (AvgIpc) is 2.14. The summed E-state index contributed by atoms with van der Waals surface area (Å²) in [4.78, 5) is 11.0. The Kier molecular flexibility index (Phi) is 3.20. The molecule has 1 saturated carbocycles. The fraction of sp³-hybridized carbons (Fsp3) is 0.500. The third kappa shape index (κ3) is 2.47. The van der Waals surface area contributed by atoms with Crippen molar-refractivity contribution in [3.8, 4) is 0 Å². The van der Waals surface area contributed by atoms with E-state index in [1.807, 2.05) is 0 Å². The molecular formula is C14H18O. The third-order valence-electron chi connectivity index (χ3n) is 3.35. The lowest BCUT2D eigenvalue weighted by atomic mass is 9.77. The molecule has 0 aromatic heterocycles. The van der Waals surface area contributed by atoms with Crippen molar-refractivity contribution in [2.45, 2.75) is 44.9 Å². The molecule has 15 heavy (non-hydrogen) atoms. The molecule has 0 spiro atoms. The number of hydrogen-bond acceptors (Lipinski definition) is 1. The van der Waals surface area contributed by atoms with Gasteiger partial charge in [0.15, 0.2) is 0 Å². The highest BCUT2D eigenvalue weighted by Gasteiger charge is 2.21. The van der Waals surface area contributed by atoms with Gasteiger partial charge in [0.1, 0.15) is 5.78 Å². The van der Waals surface area contributed by atoms with Gasteiger partial charge in [0.05, 0.1) is 0 Å². The summed E-state index contributed by atoms with van der Waals surface area (Å²) in [5.74, 6) is 1.06. The quantitative estimate of drug-likeness (QED) is 0.730. The number of ketones is 1. The van der Waals surface area contributed by atoms with E-state index < -0.39 is 0 Å². The van der Waals surface area contributed by atoms with E-state index in [-0.39, 0.29) is 0 Å². The number of benzene rings is 1. The summed E-state index contributed by atoms with van der Waals surface area (Å²) in [7, 11) is 0. The minimum absolute atomic E-state index is 0.290. The van der Waals surface area contributed by atoms with E-state index in [0.717, 1.165) is 12.3 Å². The molecule has 1 heteroatoms. The van der Waals surface area contributed by atoms with Crippen LogP contribution in [0.15, 0.2) is 24.3 Å². The summed E-state index contributed by atoms with van der Waals surface area (Å²) in [6.45, 7) is 1.67. The van der Waals surface area contributed by atoms with E-state index in [9.17, 15) is 4.79 Å². The molecule has 0 heterocycles. The van der Waals surface area contributed by atoms with Gasteiger partial charge in [0.2, 0.25) is 0 Å². The fourth-order valence-corrected chi connectivity index (χ4v) is 2.19. The summed E-state index contributed by atoms with van der Waals surface area (Å²) < 4.78 is 0. The number of Topliss-reactive ketones (excluding diaryl/α,β-unsaturated/α-hetero) is 1. The molecule has 0 bridgehead atoms. The Balaban J connectivity index is 2.10. The fourth-order valence-electron chi connectivity index (χ4n) is 2.19. The van der Waals surface area contributed by atoms with Crippen molar-refractivity contribution in [2.75, 3.05) is 0 Å². The van der Waals surface area contributed by atoms with Crippen molar-refractivity contribution < 1.29 is 4.79 Å². The number of hydrogen-bond donors (Lipinski definition) is 0. The molecule has 1 aliphatic rings. The lowest BCUT2D eigenvalue weighted by molar-refractivity contribution is -0.116. The molecule has 1 aromatic carbocycles. The summed E-state index contributed by atoms with van der Waals surface area (Å²) in [5.41, 5.74) is 2.88. The van der Waals surface area contributed by atoms with Crippen molar-refractivity contribution in [1.29, 1.82) is 0 Å². The summed E-state index contributed by atoms with van der Waals surface area (Å²) >= 11 is 0. The second-order valence-corrected chi connectivity index (χ2v) is 4.53. The molecule has 0 atom stereocenters. The van der Waals surface area contributed by atoms with Crippen molar-refractivity contribution in [1.82, 2.24) is 0 Å². The molecule has 80 valence electrons. The normalized spacial score (nSPS) is 16.1. The Morgan fingerprint density at radius 1 is 1.33 bits per heavy atom. The van der Waals surface area contributed by atoms with Crippen LogP contribution >= 0.6 is 0 Å². The number of carbonyl (C=O) groups is 1. The lowest BCUT2D eigenvalue weighted by Crippen LogP contribution is -2.11. The van der Waals surface area contributed by atoms with Gasteiger partial charge in [-0.1, -0.05) is 30.7 Å². The van der Waals surface area contributed by atoms with E-state index in [1.54, 1.807) is 6.92 Å². The first kappa shape index (κ1) is 10.4. The second-order valence-electron chi connectivity index (χ2n) is 4.53. The zero-order valence-corrected chi connectivity index (χ0v) is 9.33. The summed E-state index contributed by atoms with van der Waals surface area (Å²) in [6, 6.07) is 8.61. The van der Waals surface area contributed by atoms with E-state index in [4.69, 9.17) is 0 Å².